The summed E-state index contributed by atoms with van der Waals surface area (Å²) in [6.07, 6.45) is 1.40. The highest BCUT2D eigenvalue weighted by molar-refractivity contribution is 5.91. The molecule has 1 aromatic rings. The number of aromatic carboxylic acids is 1. The fourth-order valence-electron chi connectivity index (χ4n) is 1.52. The van der Waals surface area contributed by atoms with Crippen LogP contribution in [0.15, 0.2) is 16.7 Å². The second kappa shape index (κ2) is 3.71. The number of anilines is 1. The van der Waals surface area contributed by atoms with Crippen LogP contribution in [0.1, 0.15) is 10.6 Å². The summed E-state index contributed by atoms with van der Waals surface area (Å²) in [4.78, 5) is 12.7. The van der Waals surface area contributed by atoms with Gasteiger partial charge in [0.1, 0.15) is 0 Å². The highest BCUT2D eigenvalue weighted by Gasteiger charge is 2.20. The molecule has 2 heterocycles. The van der Waals surface area contributed by atoms with Gasteiger partial charge in [-0.15, -0.1) is 0 Å². The standard InChI is InChI=1S/C9H11NO4/c11-9(12)8-7(1-4-14-8)10-2-5-13-6-3-10/h1,4H,2-3,5-6H2,(H,11,12). The maximum absolute atomic E-state index is 10.8. The van der Waals surface area contributed by atoms with Crippen LogP contribution in [0, 0.1) is 0 Å². The number of ether oxygens (including phenoxy) is 1. The fourth-order valence-corrected chi connectivity index (χ4v) is 1.52. The van der Waals surface area contributed by atoms with Crippen LogP contribution >= 0.6 is 0 Å². The topological polar surface area (TPSA) is 62.9 Å². The zero-order valence-electron chi connectivity index (χ0n) is 7.60. The second-order valence-corrected chi connectivity index (χ2v) is 3.04. The maximum atomic E-state index is 10.8. The Morgan fingerprint density at radius 1 is 1.43 bits per heavy atom. The minimum Gasteiger partial charge on any atom is -0.475 e. The summed E-state index contributed by atoms with van der Waals surface area (Å²) in [5, 5.41) is 8.83. The zero-order valence-corrected chi connectivity index (χ0v) is 7.60. The Hall–Kier alpha value is -1.49. The van der Waals surface area contributed by atoms with Gasteiger partial charge in [0, 0.05) is 19.2 Å². The molecule has 1 aliphatic heterocycles. The van der Waals surface area contributed by atoms with Gasteiger partial charge in [-0.2, -0.15) is 0 Å². The van der Waals surface area contributed by atoms with Gasteiger partial charge in [-0.1, -0.05) is 0 Å². The Morgan fingerprint density at radius 3 is 2.79 bits per heavy atom. The van der Waals surface area contributed by atoms with Gasteiger partial charge in [0.05, 0.1) is 25.2 Å². The van der Waals surface area contributed by atoms with E-state index in [1.165, 1.54) is 6.26 Å². The number of rotatable bonds is 2. The summed E-state index contributed by atoms with van der Waals surface area (Å²) >= 11 is 0. The number of furan rings is 1. The molecule has 0 saturated carbocycles. The average Bonchev–Trinajstić information content (AvgIpc) is 2.67. The van der Waals surface area contributed by atoms with E-state index in [4.69, 9.17) is 14.3 Å². The minimum atomic E-state index is -1.03. The third-order valence-electron chi connectivity index (χ3n) is 2.19. The van der Waals surface area contributed by atoms with Crippen molar-refractivity contribution in [3.63, 3.8) is 0 Å². The number of morpholine rings is 1. The molecule has 1 N–H and O–H groups in total. The molecule has 0 radical (unpaired) electrons. The third kappa shape index (κ3) is 1.58. The van der Waals surface area contributed by atoms with E-state index in [-0.39, 0.29) is 5.76 Å². The molecule has 0 aliphatic carbocycles. The van der Waals surface area contributed by atoms with Crippen molar-refractivity contribution in [2.24, 2.45) is 0 Å². The Morgan fingerprint density at radius 2 is 2.14 bits per heavy atom. The Labute approximate surface area is 80.9 Å². The molecule has 1 aliphatic rings. The minimum absolute atomic E-state index is 0.00639. The van der Waals surface area contributed by atoms with Crippen molar-refractivity contribution in [2.45, 2.75) is 0 Å². The van der Waals surface area contributed by atoms with Gasteiger partial charge >= 0.3 is 5.97 Å². The SMILES string of the molecule is O=C(O)c1occc1N1CCOCC1. The van der Waals surface area contributed by atoms with E-state index in [2.05, 4.69) is 0 Å². The monoisotopic (exact) mass is 197 g/mol. The first-order valence-electron chi connectivity index (χ1n) is 4.42. The number of carboxylic acids is 1. The van der Waals surface area contributed by atoms with Crippen molar-refractivity contribution in [2.75, 3.05) is 31.2 Å². The van der Waals surface area contributed by atoms with E-state index in [9.17, 15) is 4.79 Å². The van der Waals surface area contributed by atoms with Gasteiger partial charge in [-0.25, -0.2) is 4.79 Å². The largest absolute Gasteiger partial charge is 0.475 e. The van der Waals surface area contributed by atoms with E-state index in [1.807, 2.05) is 4.90 Å². The van der Waals surface area contributed by atoms with Crippen LogP contribution in [-0.2, 0) is 4.74 Å². The van der Waals surface area contributed by atoms with Crippen molar-refractivity contribution in [3.8, 4) is 0 Å². The lowest BCUT2D eigenvalue weighted by molar-refractivity contribution is 0.0662. The first-order valence-corrected chi connectivity index (χ1v) is 4.42. The lowest BCUT2D eigenvalue weighted by Gasteiger charge is -2.27. The molecule has 0 atom stereocenters. The summed E-state index contributed by atoms with van der Waals surface area (Å²) in [5.41, 5.74) is 0.640. The summed E-state index contributed by atoms with van der Waals surface area (Å²) < 4.78 is 10.1. The van der Waals surface area contributed by atoms with Gasteiger partial charge in [-0.3, -0.25) is 0 Å². The fraction of sp³-hybridized carbons (Fsp3) is 0.444. The molecule has 5 heteroatoms. The lowest BCUT2D eigenvalue weighted by atomic mass is 10.3. The van der Waals surface area contributed by atoms with Crippen LogP contribution in [-0.4, -0.2) is 37.4 Å². The number of carboxylic acid groups (broad SMARTS) is 1. The van der Waals surface area contributed by atoms with Crippen LogP contribution in [0.4, 0.5) is 5.69 Å². The molecule has 76 valence electrons. The van der Waals surface area contributed by atoms with Crippen molar-refractivity contribution in [1.82, 2.24) is 0 Å². The molecule has 1 aromatic heterocycles. The number of hydrogen-bond acceptors (Lipinski definition) is 4. The predicted octanol–water partition coefficient (Wildman–Crippen LogP) is 0.814. The van der Waals surface area contributed by atoms with Crippen molar-refractivity contribution in [3.05, 3.63) is 18.1 Å². The van der Waals surface area contributed by atoms with E-state index in [0.717, 1.165) is 0 Å². The first-order chi connectivity index (χ1) is 6.79. The number of hydrogen-bond donors (Lipinski definition) is 1. The highest BCUT2D eigenvalue weighted by Crippen LogP contribution is 2.22. The highest BCUT2D eigenvalue weighted by atomic mass is 16.5. The van der Waals surface area contributed by atoms with Gasteiger partial charge in [0.15, 0.2) is 0 Å². The normalized spacial score (nSPS) is 17.0. The molecule has 1 fully saturated rings. The van der Waals surface area contributed by atoms with E-state index >= 15 is 0 Å². The summed E-state index contributed by atoms with van der Waals surface area (Å²) in [7, 11) is 0. The molecular formula is C9H11NO4. The molecule has 0 amide bonds. The van der Waals surface area contributed by atoms with Crippen LogP contribution in [0.5, 0.6) is 0 Å². The molecular weight excluding hydrogens is 186 g/mol. The average molecular weight is 197 g/mol. The third-order valence-corrected chi connectivity index (χ3v) is 2.19. The summed E-state index contributed by atoms with van der Waals surface area (Å²) in [6.45, 7) is 2.67. The van der Waals surface area contributed by atoms with Crippen LogP contribution < -0.4 is 4.90 Å². The Kier molecular flexibility index (Phi) is 2.41. The zero-order chi connectivity index (χ0) is 9.97. The molecule has 0 spiro atoms. The van der Waals surface area contributed by atoms with Gasteiger partial charge in [-0.05, 0) is 0 Å². The van der Waals surface area contributed by atoms with Crippen LogP contribution in [0.25, 0.3) is 0 Å². The molecule has 2 rings (SSSR count). The molecule has 1 saturated heterocycles. The Bertz CT molecular complexity index is 327. The smallest absolute Gasteiger partial charge is 0.374 e. The lowest BCUT2D eigenvalue weighted by Crippen LogP contribution is -2.36. The summed E-state index contributed by atoms with van der Waals surface area (Å²) in [6, 6.07) is 1.68. The summed E-state index contributed by atoms with van der Waals surface area (Å²) in [5.74, 6) is -1.02. The maximum Gasteiger partial charge on any atom is 0.374 e. The molecule has 14 heavy (non-hydrogen) atoms. The van der Waals surface area contributed by atoms with E-state index in [1.54, 1.807) is 6.07 Å². The van der Waals surface area contributed by atoms with Crippen molar-refractivity contribution < 1.29 is 19.1 Å². The number of carbonyl (C=O) groups is 1. The van der Waals surface area contributed by atoms with Gasteiger partial charge in [0.2, 0.25) is 5.76 Å². The quantitative estimate of drug-likeness (QED) is 0.760. The molecule has 0 bridgehead atoms. The van der Waals surface area contributed by atoms with Crippen LogP contribution in [0.2, 0.25) is 0 Å². The van der Waals surface area contributed by atoms with Crippen LogP contribution in [0.3, 0.4) is 0 Å². The molecule has 0 aromatic carbocycles. The van der Waals surface area contributed by atoms with Crippen molar-refractivity contribution >= 4 is 11.7 Å². The van der Waals surface area contributed by atoms with Gasteiger partial charge in [0.25, 0.3) is 0 Å². The van der Waals surface area contributed by atoms with Crippen molar-refractivity contribution in [1.29, 1.82) is 0 Å². The first kappa shape index (κ1) is 9.08. The second-order valence-electron chi connectivity index (χ2n) is 3.04. The molecule has 5 nitrogen and oxygen atoms in total. The van der Waals surface area contributed by atoms with E-state index < -0.39 is 5.97 Å². The van der Waals surface area contributed by atoms with Gasteiger partial charge < -0.3 is 19.2 Å². The Balaban J connectivity index is 2.21. The van der Waals surface area contributed by atoms with E-state index in [0.29, 0.717) is 32.0 Å². The molecule has 0 unspecified atom stereocenters. The number of nitrogens with zero attached hydrogens (tertiary/aromatic N) is 1. The predicted molar refractivity (Wildman–Crippen MR) is 48.7 cm³/mol.